The van der Waals surface area contributed by atoms with Crippen LogP contribution in [-0.2, 0) is 10.5 Å². The summed E-state index contributed by atoms with van der Waals surface area (Å²) in [5.41, 5.74) is 1.52. The van der Waals surface area contributed by atoms with Gasteiger partial charge in [-0.05, 0) is 12.1 Å². The number of hydrogen-bond donors (Lipinski definition) is 1. The molecule has 0 saturated heterocycles. The van der Waals surface area contributed by atoms with Crippen molar-refractivity contribution < 1.29 is 4.79 Å². The molecular formula is C18H15N3O2S2. The van der Waals surface area contributed by atoms with Gasteiger partial charge >= 0.3 is 0 Å². The molecule has 1 N–H and O–H groups in total. The summed E-state index contributed by atoms with van der Waals surface area (Å²) in [5.74, 6) is 6.65. The molecule has 0 aliphatic heterocycles. The molecule has 7 heteroatoms. The Kier molecular flexibility index (Phi) is 5.88. The van der Waals surface area contributed by atoms with E-state index in [1.807, 2.05) is 35.7 Å². The number of benzene rings is 1. The van der Waals surface area contributed by atoms with Gasteiger partial charge < -0.3 is 5.32 Å². The molecule has 2 aromatic heterocycles. The molecule has 0 fully saturated rings. The van der Waals surface area contributed by atoms with Crippen LogP contribution in [0.3, 0.4) is 0 Å². The molecule has 0 saturated carbocycles. The molecule has 0 aliphatic rings. The molecule has 1 amide bonds. The summed E-state index contributed by atoms with van der Waals surface area (Å²) >= 11 is 2.84. The number of fused-ring (bicyclic) bond motifs is 1. The van der Waals surface area contributed by atoms with Crippen LogP contribution in [0.25, 0.3) is 4.96 Å². The van der Waals surface area contributed by atoms with Crippen LogP contribution >= 0.6 is 23.1 Å². The minimum absolute atomic E-state index is 0.0821. The highest BCUT2D eigenvalue weighted by atomic mass is 32.2. The van der Waals surface area contributed by atoms with Crippen molar-refractivity contribution in [3.63, 3.8) is 0 Å². The summed E-state index contributed by atoms with van der Waals surface area (Å²) in [5, 5.41) is 4.58. The van der Waals surface area contributed by atoms with Crippen molar-refractivity contribution in [2.24, 2.45) is 0 Å². The Morgan fingerprint density at radius 1 is 1.32 bits per heavy atom. The molecule has 0 atom stereocenters. The molecule has 126 valence electrons. The van der Waals surface area contributed by atoms with Crippen molar-refractivity contribution in [3.8, 4) is 11.8 Å². The maximum atomic E-state index is 11.9. The molecule has 0 bridgehead atoms. The smallest absolute Gasteiger partial charge is 0.258 e. The van der Waals surface area contributed by atoms with Crippen molar-refractivity contribution in [2.45, 2.75) is 5.75 Å². The van der Waals surface area contributed by atoms with Crippen LogP contribution in [0.1, 0.15) is 11.3 Å². The third-order valence-corrected chi connectivity index (χ3v) is 4.94. The van der Waals surface area contributed by atoms with E-state index in [0.717, 1.165) is 5.56 Å². The first-order valence-corrected chi connectivity index (χ1v) is 9.60. The predicted molar refractivity (Wildman–Crippen MR) is 102 cm³/mol. The van der Waals surface area contributed by atoms with Crippen LogP contribution in [0, 0.1) is 11.8 Å². The fraction of sp³-hybridized carbons (Fsp3) is 0.167. The number of nitrogens with one attached hydrogen (secondary N) is 1. The summed E-state index contributed by atoms with van der Waals surface area (Å²) < 4.78 is 1.51. The van der Waals surface area contributed by atoms with Crippen molar-refractivity contribution in [1.82, 2.24) is 14.7 Å². The quantitative estimate of drug-likeness (QED) is 0.700. The molecule has 0 radical (unpaired) electrons. The van der Waals surface area contributed by atoms with E-state index in [1.165, 1.54) is 33.6 Å². The first-order chi connectivity index (χ1) is 12.2. The van der Waals surface area contributed by atoms with Crippen molar-refractivity contribution in [1.29, 1.82) is 0 Å². The van der Waals surface area contributed by atoms with Gasteiger partial charge in [0.15, 0.2) is 4.96 Å². The maximum Gasteiger partial charge on any atom is 0.258 e. The Bertz CT molecular complexity index is 984. The van der Waals surface area contributed by atoms with E-state index in [9.17, 15) is 9.59 Å². The minimum Gasteiger partial charge on any atom is -0.344 e. The van der Waals surface area contributed by atoms with Gasteiger partial charge in [0.2, 0.25) is 5.91 Å². The van der Waals surface area contributed by atoms with Gasteiger partial charge in [-0.1, -0.05) is 30.0 Å². The molecule has 1 aromatic carbocycles. The Morgan fingerprint density at radius 2 is 2.16 bits per heavy atom. The number of nitrogens with zero attached hydrogens (tertiary/aromatic N) is 2. The van der Waals surface area contributed by atoms with Crippen LogP contribution in [0.5, 0.6) is 0 Å². The summed E-state index contributed by atoms with van der Waals surface area (Å²) in [6.07, 6.45) is 1.70. The van der Waals surface area contributed by atoms with E-state index >= 15 is 0 Å². The fourth-order valence-corrected chi connectivity index (χ4v) is 3.56. The van der Waals surface area contributed by atoms with Gasteiger partial charge in [0, 0.05) is 29.0 Å². The van der Waals surface area contributed by atoms with Gasteiger partial charge in [-0.15, -0.1) is 23.1 Å². The molecule has 3 aromatic rings. The summed E-state index contributed by atoms with van der Waals surface area (Å²) in [6.45, 7) is 0.315. The Labute approximate surface area is 153 Å². The summed E-state index contributed by atoms with van der Waals surface area (Å²) in [4.78, 5) is 28.8. The zero-order valence-corrected chi connectivity index (χ0v) is 14.9. The van der Waals surface area contributed by atoms with Crippen molar-refractivity contribution in [3.05, 3.63) is 69.6 Å². The molecule has 3 rings (SSSR count). The lowest BCUT2D eigenvalue weighted by Gasteiger charge is -2.02. The van der Waals surface area contributed by atoms with E-state index < -0.39 is 0 Å². The zero-order valence-electron chi connectivity index (χ0n) is 13.3. The molecule has 0 aliphatic carbocycles. The number of thioether (sulfide) groups is 1. The average Bonchev–Trinajstić information content (AvgIpc) is 3.09. The van der Waals surface area contributed by atoms with Crippen LogP contribution in [0.4, 0.5) is 0 Å². The zero-order chi connectivity index (χ0) is 17.5. The largest absolute Gasteiger partial charge is 0.344 e. The Morgan fingerprint density at radius 3 is 3.00 bits per heavy atom. The van der Waals surface area contributed by atoms with E-state index in [-0.39, 0.29) is 11.5 Å². The SMILES string of the molecule is O=C(CSCc1cc(=O)n2ccsc2n1)NCC#Cc1ccccc1. The second-order valence-electron chi connectivity index (χ2n) is 5.08. The number of amides is 1. The van der Waals surface area contributed by atoms with Gasteiger partial charge in [-0.2, -0.15) is 0 Å². The van der Waals surface area contributed by atoms with Crippen LogP contribution < -0.4 is 10.9 Å². The van der Waals surface area contributed by atoms with E-state index in [0.29, 0.717) is 28.7 Å². The third kappa shape index (κ3) is 4.95. The number of carbonyl (C=O) groups excluding carboxylic acids is 1. The molecular weight excluding hydrogens is 354 g/mol. The first kappa shape index (κ1) is 17.3. The van der Waals surface area contributed by atoms with Crippen molar-refractivity contribution >= 4 is 34.0 Å². The molecule has 25 heavy (non-hydrogen) atoms. The Hall–Kier alpha value is -2.56. The van der Waals surface area contributed by atoms with E-state index in [1.54, 1.807) is 6.20 Å². The second-order valence-corrected chi connectivity index (χ2v) is 6.94. The summed E-state index contributed by atoms with van der Waals surface area (Å²) in [6, 6.07) is 11.1. The molecule has 5 nitrogen and oxygen atoms in total. The highest BCUT2D eigenvalue weighted by molar-refractivity contribution is 7.99. The van der Waals surface area contributed by atoms with E-state index in [4.69, 9.17) is 0 Å². The van der Waals surface area contributed by atoms with Crippen LogP contribution in [-0.4, -0.2) is 27.6 Å². The summed E-state index contributed by atoms with van der Waals surface area (Å²) in [7, 11) is 0. The normalized spacial score (nSPS) is 10.2. The van der Waals surface area contributed by atoms with Crippen LogP contribution in [0.2, 0.25) is 0 Å². The molecule has 0 unspecified atom stereocenters. The van der Waals surface area contributed by atoms with Gasteiger partial charge in [-0.25, -0.2) is 4.98 Å². The first-order valence-electron chi connectivity index (χ1n) is 7.56. The highest BCUT2D eigenvalue weighted by Crippen LogP contribution is 2.12. The Balaban J connectivity index is 1.43. The standard InChI is InChI=1S/C18H15N3O2S2/c22-16(19-8-4-7-14-5-2-1-3-6-14)13-24-12-15-11-17(23)21-9-10-25-18(21)20-15/h1-3,5-6,9-11H,8,12-13H2,(H,19,22). The predicted octanol–water partition coefficient (Wildman–Crippen LogP) is 2.16. The number of hydrogen-bond acceptors (Lipinski definition) is 5. The maximum absolute atomic E-state index is 11.9. The van der Waals surface area contributed by atoms with Crippen LogP contribution in [0.15, 0.2) is 52.8 Å². The lowest BCUT2D eigenvalue weighted by Crippen LogP contribution is -2.25. The van der Waals surface area contributed by atoms with Gasteiger partial charge in [0.1, 0.15) is 0 Å². The number of thiazole rings is 1. The second kappa shape index (κ2) is 8.51. The minimum atomic E-state index is -0.0949. The van der Waals surface area contributed by atoms with Gasteiger partial charge in [0.05, 0.1) is 18.0 Å². The number of rotatable bonds is 5. The monoisotopic (exact) mass is 369 g/mol. The molecule has 2 heterocycles. The molecule has 0 spiro atoms. The van der Waals surface area contributed by atoms with Gasteiger partial charge in [-0.3, -0.25) is 14.0 Å². The average molecular weight is 369 g/mol. The van der Waals surface area contributed by atoms with E-state index in [2.05, 4.69) is 22.1 Å². The third-order valence-electron chi connectivity index (χ3n) is 3.22. The number of carbonyl (C=O) groups is 1. The van der Waals surface area contributed by atoms with Gasteiger partial charge in [0.25, 0.3) is 5.56 Å². The topological polar surface area (TPSA) is 63.5 Å². The lowest BCUT2D eigenvalue weighted by atomic mass is 10.2. The fourth-order valence-electron chi connectivity index (χ4n) is 2.07. The number of aromatic nitrogens is 2. The highest BCUT2D eigenvalue weighted by Gasteiger charge is 2.05. The lowest BCUT2D eigenvalue weighted by molar-refractivity contribution is -0.118. The van der Waals surface area contributed by atoms with Crippen molar-refractivity contribution in [2.75, 3.05) is 12.3 Å².